The van der Waals surface area contributed by atoms with E-state index in [9.17, 15) is 57.5 Å². The lowest BCUT2D eigenvalue weighted by Gasteiger charge is -2.22. The predicted molar refractivity (Wildman–Crippen MR) is 505 cm³/mol. The van der Waals surface area contributed by atoms with Crippen LogP contribution in [0.4, 0.5) is 0 Å². The third-order valence-corrected chi connectivity index (χ3v) is 23.7. The van der Waals surface area contributed by atoms with Gasteiger partial charge in [0.25, 0.3) is 33.4 Å². The first-order valence-electron chi connectivity index (χ1n) is 44.7. The van der Waals surface area contributed by atoms with E-state index in [-0.39, 0.29) is 67.5 Å². The van der Waals surface area contributed by atoms with Gasteiger partial charge >= 0.3 is 34.1 Å². The van der Waals surface area contributed by atoms with Gasteiger partial charge in [-0.1, -0.05) is 88.0 Å². The minimum atomic E-state index is -0.356. The van der Waals surface area contributed by atoms with Gasteiger partial charge in [-0.3, -0.25) is 83.6 Å². The number of rotatable bonds is 37. The van der Waals surface area contributed by atoms with Crippen molar-refractivity contribution in [3.8, 4) is 0 Å². The van der Waals surface area contributed by atoms with Gasteiger partial charge in [-0.05, 0) is 139 Å². The molecule has 0 aromatic carbocycles. The molecule has 0 saturated heterocycles. The Balaban J connectivity index is 0.000000211. The highest BCUT2D eigenvalue weighted by atomic mass is 16.2. The molecular formula is C86H142N30O12. The molecule has 0 N–H and O–H groups in total. The molecule has 0 aliphatic carbocycles. The van der Waals surface area contributed by atoms with Gasteiger partial charge in [0.1, 0.15) is 5.82 Å². The van der Waals surface area contributed by atoms with Crippen LogP contribution in [0.15, 0.2) is 89.2 Å². The monoisotopic (exact) mass is 1790 g/mol. The van der Waals surface area contributed by atoms with Crippen molar-refractivity contribution < 1.29 is 0 Å². The molecule has 0 spiro atoms. The summed E-state index contributed by atoms with van der Waals surface area (Å²) in [6, 6.07) is 0. The van der Waals surface area contributed by atoms with Gasteiger partial charge in [-0.2, -0.15) is 0 Å². The highest BCUT2D eigenvalue weighted by Crippen LogP contribution is 2.17. The Hall–Kier alpha value is -11.3. The number of hydrogen-bond acceptors (Lipinski definition) is 24. The summed E-state index contributed by atoms with van der Waals surface area (Å²) in [5.74, 6) is 0.911. The van der Waals surface area contributed by atoms with Crippen molar-refractivity contribution in [2.45, 2.75) is 172 Å². The van der Waals surface area contributed by atoms with Crippen LogP contribution in [0.3, 0.4) is 0 Å². The second-order valence-corrected chi connectivity index (χ2v) is 32.9. The second kappa shape index (κ2) is 48.2. The fraction of sp³-hybridized carbons (Fsp3) is 0.651. The summed E-state index contributed by atoms with van der Waals surface area (Å²) in [6.45, 7) is 37.3. The van der Waals surface area contributed by atoms with E-state index in [0.29, 0.717) is 93.2 Å². The topological polar surface area (TPSA) is 390 Å². The molecule has 128 heavy (non-hydrogen) atoms. The van der Waals surface area contributed by atoms with Gasteiger partial charge in [0, 0.05) is 150 Å². The summed E-state index contributed by atoms with van der Waals surface area (Å²) >= 11 is 0. The third-order valence-electron chi connectivity index (χ3n) is 23.7. The van der Waals surface area contributed by atoms with Gasteiger partial charge in [0.2, 0.25) is 0 Å². The zero-order valence-corrected chi connectivity index (χ0v) is 80.6. The fourth-order valence-corrected chi connectivity index (χ4v) is 15.3. The van der Waals surface area contributed by atoms with Crippen LogP contribution in [0.2, 0.25) is 0 Å². The Bertz CT molecular complexity index is 6480. The lowest BCUT2D eigenvalue weighted by molar-refractivity contribution is 0.257. The van der Waals surface area contributed by atoms with Crippen LogP contribution < -0.4 is 67.5 Å². The summed E-state index contributed by atoms with van der Waals surface area (Å²) in [5.41, 5.74) is 1.96. The molecule has 708 valence electrons. The SMILES string of the molecule is CCCCCc1nc2c(c(=O)n(C)c(=O)n2C)n1CCN(CC)CC.CCCCN(CCCC)CCCn1cnc2c1c(=O)n(C)c(=O)n2C.CCN(CC)CCCn1cnc2c1c(=O)n(C)c(=O)n2C.CCN(CC)CCn1cnc2c1c(=O)n(C)c(=O)n2C.CN(C)CCCn1cnc2c1c(=O)n(C)c(=O)n2C.CN(C)CCn1cnc2c1c(=O)n(C)c(=O)n2C. The molecule has 42 heteroatoms. The average molecular weight is 1790 g/mol. The number of aryl methyl sites for hydroxylation is 10. The minimum absolute atomic E-state index is 0.258. The lowest BCUT2D eigenvalue weighted by Crippen LogP contribution is -2.38. The largest absolute Gasteiger partial charge is 0.332 e. The number of imidazole rings is 6. The number of fused-ring (bicyclic) bond motifs is 6. The Labute approximate surface area is 744 Å². The molecule has 0 saturated carbocycles. The van der Waals surface area contributed by atoms with Gasteiger partial charge < -0.3 is 56.8 Å². The number of likely N-dealkylation sites (N-methyl/N-ethyl adjacent to an activating group) is 3. The zero-order chi connectivity index (χ0) is 95.0. The van der Waals surface area contributed by atoms with E-state index in [1.165, 1.54) is 99.9 Å². The van der Waals surface area contributed by atoms with Gasteiger partial charge in [0.15, 0.2) is 67.0 Å². The van der Waals surface area contributed by atoms with Crippen molar-refractivity contribution in [2.24, 2.45) is 84.6 Å². The molecule has 0 bridgehead atoms. The van der Waals surface area contributed by atoms with E-state index in [1.807, 2.05) is 55.9 Å². The molecule has 12 heterocycles. The van der Waals surface area contributed by atoms with Crippen LogP contribution in [-0.4, -0.2) is 261 Å². The van der Waals surface area contributed by atoms with Gasteiger partial charge in [0.05, 0.1) is 31.6 Å². The second-order valence-electron chi connectivity index (χ2n) is 32.9. The number of nitrogens with zero attached hydrogens (tertiary/aromatic N) is 30. The Morgan fingerprint density at radius 2 is 0.484 bits per heavy atom. The van der Waals surface area contributed by atoms with Crippen LogP contribution >= 0.6 is 0 Å². The van der Waals surface area contributed by atoms with Crippen molar-refractivity contribution in [1.82, 2.24) is 142 Å². The molecule has 0 fully saturated rings. The summed E-state index contributed by atoms with van der Waals surface area (Å²) in [4.78, 5) is 185. The molecule has 0 amide bonds. The molecule has 0 unspecified atom stereocenters. The van der Waals surface area contributed by atoms with Gasteiger partial charge in [-0.15, -0.1) is 0 Å². The first-order chi connectivity index (χ1) is 60.8. The first-order valence-corrected chi connectivity index (χ1v) is 44.7. The standard InChI is InChI=1S/2C18H31N5O2.C14H23N5O2.C13H21N5O2.C12H19N5O2.C11H17N5O2/c1-6-9-10-11-14-19-16-15(17(24)21(5)18(25)20(16)4)23(14)13-12-22(7-2)8-3;1-5-7-10-22(11-8-6-2)12-9-13-23-14-19-16-15(23)17(24)21(4)18(25)20(16)3;1-5-18(6-2)8-7-9-19-10-15-12-11(19)13(20)17(4)14(21)16(12)3;1-5-17(6-2)7-8-18-9-14-11-10(18)12(19)16(4)13(20)15(11)3;1-14(2)6-5-7-17-8-13-10-9(17)11(18)16(4)12(19)15(10)3;1-13(2)5-6-16-7-12-9-8(16)10(17)15(4)11(18)14(9)3/h6-13H2,1-5H3;14H,5-13H2,1-4H3;10H,5-9H2,1-4H3;9H,5-8H2,1-4H3;8H,5-7H2,1-4H3;7H,5-6H2,1-4H3. The predicted octanol–water partition coefficient (Wildman–Crippen LogP) is 1.56. The van der Waals surface area contributed by atoms with Crippen molar-refractivity contribution in [2.75, 3.05) is 120 Å². The van der Waals surface area contributed by atoms with Crippen molar-refractivity contribution in [1.29, 1.82) is 0 Å². The van der Waals surface area contributed by atoms with E-state index in [2.05, 4.69) is 117 Å². The molecular weight excluding hydrogens is 1650 g/mol. The Kier molecular flexibility index (Phi) is 39.0. The summed E-state index contributed by atoms with van der Waals surface area (Å²) in [5, 5.41) is 0. The summed E-state index contributed by atoms with van der Waals surface area (Å²) < 4.78 is 26.5. The maximum absolute atomic E-state index is 12.7. The maximum Gasteiger partial charge on any atom is 0.332 e. The molecule has 12 aromatic rings. The molecule has 0 radical (unpaired) electrons. The highest BCUT2D eigenvalue weighted by molar-refractivity contribution is 5.74. The Morgan fingerprint density at radius 3 is 0.773 bits per heavy atom. The van der Waals surface area contributed by atoms with E-state index in [1.54, 1.807) is 78.5 Å². The normalized spacial score (nSPS) is 11.7. The van der Waals surface area contributed by atoms with E-state index < -0.39 is 0 Å². The van der Waals surface area contributed by atoms with E-state index >= 15 is 0 Å². The van der Waals surface area contributed by atoms with Crippen LogP contribution in [-0.2, 0) is 130 Å². The molecule has 0 aliphatic rings. The fourth-order valence-electron chi connectivity index (χ4n) is 15.3. The zero-order valence-electron chi connectivity index (χ0n) is 80.6. The smallest absolute Gasteiger partial charge is 0.325 e. The quantitative estimate of drug-likeness (QED) is 0.0498. The molecule has 0 atom stereocenters. The van der Waals surface area contributed by atoms with E-state index in [0.717, 1.165) is 178 Å². The van der Waals surface area contributed by atoms with Crippen LogP contribution in [0.1, 0.15) is 132 Å². The van der Waals surface area contributed by atoms with Crippen molar-refractivity contribution in [3.05, 3.63) is 162 Å². The molecule has 12 rings (SSSR count). The lowest BCUT2D eigenvalue weighted by atomic mass is 10.2. The van der Waals surface area contributed by atoms with E-state index in [4.69, 9.17) is 0 Å². The average Bonchev–Trinajstić information content (AvgIpc) is 1.61. The van der Waals surface area contributed by atoms with Crippen molar-refractivity contribution >= 4 is 67.0 Å². The first kappa shape index (κ1) is 104. The molecule has 0 aliphatic heterocycles. The summed E-state index contributed by atoms with van der Waals surface area (Å²) in [7, 11) is 26.8. The number of hydrogen-bond donors (Lipinski definition) is 0. The highest BCUT2D eigenvalue weighted by Gasteiger charge is 2.23. The summed E-state index contributed by atoms with van der Waals surface area (Å²) in [6.07, 6.45) is 20.0. The van der Waals surface area contributed by atoms with Crippen LogP contribution in [0, 0.1) is 0 Å². The molecule has 42 nitrogen and oxygen atoms in total. The van der Waals surface area contributed by atoms with Gasteiger partial charge in [-0.25, -0.2) is 58.7 Å². The van der Waals surface area contributed by atoms with Crippen LogP contribution in [0.5, 0.6) is 0 Å². The molecule has 12 aromatic heterocycles. The number of unbranched alkanes of at least 4 members (excludes halogenated alkanes) is 4. The van der Waals surface area contributed by atoms with Crippen LogP contribution in [0.25, 0.3) is 67.0 Å². The van der Waals surface area contributed by atoms with Crippen molar-refractivity contribution in [3.63, 3.8) is 0 Å². The third kappa shape index (κ3) is 24.1. The maximum atomic E-state index is 12.7. The minimum Gasteiger partial charge on any atom is -0.325 e. The number of aromatic nitrogens is 24. The Morgan fingerprint density at radius 1 is 0.242 bits per heavy atom.